The third-order valence-corrected chi connectivity index (χ3v) is 6.48. The summed E-state index contributed by atoms with van der Waals surface area (Å²) in [6.07, 6.45) is 0. The van der Waals surface area contributed by atoms with Crippen LogP contribution in [0.4, 0.5) is 0 Å². The van der Waals surface area contributed by atoms with E-state index in [-0.39, 0.29) is 0 Å². The molecule has 3 aromatic heterocycles. The van der Waals surface area contributed by atoms with Crippen LogP contribution >= 0.6 is 0 Å². The lowest BCUT2D eigenvalue weighted by Crippen LogP contribution is -1.91. The van der Waals surface area contributed by atoms with Crippen LogP contribution in [0.15, 0.2) is 91.0 Å². The number of hydrogen-bond donors (Lipinski definition) is 0. The molecule has 0 aliphatic rings. The van der Waals surface area contributed by atoms with E-state index in [1.54, 1.807) is 0 Å². The van der Waals surface area contributed by atoms with Crippen LogP contribution in [-0.4, -0.2) is 8.97 Å². The number of nitrogens with zero attached hydrogens (tertiary/aromatic N) is 2. The number of aryl methyl sites for hydroxylation is 1. The Labute approximate surface area is 167 Å². The van der Waals surface area contributed by atoms with Gasteiger partial charge in [-0.2, -0.15) is 0 Å². The van der Waals surface area contributed by atoms with Gasteiger partial charge in [0.25, 0.3) is 0 Å². The molecule has 7 aromatic rings. The van der Waals surface area contributed by atoms with Crippen molar-refractivity contribution in [2.24, 2.45) is 7.05 Å². The van der Waals surface area contributed by atoms with E-state index in [0.717, 1.165) is 0 Å². The third kappa shape index (κ3) is 1.77. The summed E-state index contributed by atoms with van der Waals surface area (Å²) in [5.74, 6) is 0. The van der Waals surface area contributed by atoms with Crippen molar-refractivity contribution >= 4 is 59.9 Å². The first-order chi connectivity index (χ1) is 14.3. The second-order valence-electron chi connectivity index (χ2n) is 7.90. The molecule has 4 aromatic carbocycles. The van der Waals surface area contributed by atoms with Crippen molar-refractivity contribution in [2.45, 2.75) is 0 Å². The highest BCUT2D eigenvalue weighted by molar-refractivity contribution is 6.24. The van der Waals surface area contributed by atoms with E-state index in [1.807, 2.05) is 0 Å². The van der Waals surface area contributed by atoms with Gasteiger partial charge in [0.1, 0.15) is 0 Å². The first kappa shape index (κ1) is 15.2. The lowest BCUT2D eigenvalue weighted by atomic mass is 10.1. The van der Waals surface area contributed by atoms with Gasteiger partial charge in [0.05, 0.1) is 22.1 Å². The minimum atomic E-state index is 1.26. The number of rotatable bonds is 0. The van der Waals surface area contributed by atoms with Crippen molar-refractivity contribution < 1.29 is 0 Å². The normalized spacial score (nSPS) is 12.3. The largest absolute Gasteiger partial charge is 0.344 e. The topological polar surface area (TPSA) is 9.34 Å². The maximum Gasteiger partial charge on any atom is 0.0635 e. The lowest BCUT2D eigenvalue weighted by Gasteiger charge is -2.10. The first-order valence-corrected chi connectivity index (χ1v) is 10.0. The van der Waals surface area contributed by atoms with E-state index in [4.69, 9.17) is 0 Å². The van der Waals surface area contributed by atoms with Crippen molar-refractivity contribution in [3.05, 3.63) is 91.0 Å². The van der Waals surface area contributed by atoms with Gasteiger partial charge >= 0.3 is 0 Å². The molecule has 0 amide bonds. The molecule has 0 aliphatic heterocycles. The van der Waals surface area contributed by atoms with Crippen molar-refractivity contribution in [3.8, 4) is 0 Å². The van der Waals surface area contributed by atoms with Crippen LogP contribution in [-0.2, 0) is 7.05 Å². The van der Waals surface area contributed by atoms with Gasteiger partial charge in [-0.25, -0.2) is 0 Å². The van der Waals surface area contributed by atoms with Crippen molar-refractivity contribution in [1.82, 2.24) is 8.97 Å². The zero-order valence-corrected chi connectivity index (χ0v) is 16.1. The van der Waals surface area contributed by atoms with Gasteiger partial charge < -0.3 is 8.97 Å². The fraction of sp³-hybridized carbons (Fsp3) is 0.0370. The molecule has 0 spiro atoms. The predicted molar refractivity (Wildman–Crippen MR) is 124 cm³/mol. The maximum absolute atomic E-state index is 2.47. The zero-order valence-electron chi connectivity index (χ0n) is 16.1. The maximum atomic E-state index is 2.47. The quantitative estimate of drug-likeness (QED) is 0.253. The van der Waals surface area contributed by atoms with Crippen LogP contribution in [0.1, 0.15) is 0 Å². The Bertz CT molecular complexity index is 1760. The fourth-order valence-electron chi connectivity index (χ4n) is 5.22. The van der Waals surface area contributed by atoms with Crippen LogP contribution < -0.4 is 0 Å². The van der Waals surface area contributed by atoms with Gasteiger partial charge in [-0.3, -0.25) is 0 Å². The highest BCUT2D eigenvalue weighted by Crippen LogP contribution is 2.39. The number of fused-ring (bicyclic) bond motifs is 12. The Morgan fingerprint density at radius 2 is 1.14 bits per heavy atom. The second-order valence-corrected chi connectivity index (χ2v) is 7.90. The van der Waals surface area contributed by atoms with E-state index in [0.29, 0.717) is 0 Å². The van der Waals surface area contributed by atoms with Gasteiger partial charge in [0.2, 0.25) is 0 Å². The molecular formula is C27H18N2. The molecule has 0 fully saturated rings. The molecule has 2 heteroatoms. The smallest absolute Gasteiger partial charge is 0.0635 e. The monoisotopic (exact) mass is 370 g/mol. The van der Waals surface area contributed by atoms with Crippen LogP contribution in [0.3, 0.4) is 0 Å². The van der Waals surface area contributed by atoms with Crippen molar-refractivity contribution in [3.63, 3.8) is 0 Å². The van der Waals surface area contributed by atoms with Crippen LogP contribution in [0.5, 0.6) is 0 Å². The van der Waals surface area contributed by atoms with Gasteiger partial charge in [0.15, 0.2) is 0 Å². The zero-order chi connectivity index (χ0) is 19.1. The molecule has 0 N–H and O–H groups in total. The summed E-state index contributed by atoms with van der Waals surface area (Å²) in [5, 5.41) is 7.85. The summed E-state index contributed by atoms with van der Waals surface area (Å²) in [4.78, 5) is 0. The minimum Gasteiger partial charge on any atom is -0.344 e. The molecule has 0 unspecified atom stereocenters. The number of aromatic nitrogens is 2. The Kier molecular flexibility index (Phi) is 2.71. The number of benzene rings is 4. The molecular weight excluding hydrogens is 352 g/mol. The second kappa shape index (κ2) is 5.18. The molecule has 0 atom stereocenters. The molecule has 2 nitrogen and oxygen atoms in total. The molecule has 29 heavy (non-hydrogen) atoms. The van der Waals surface area contributed by atoms with E-state index >= 15 is 0 Å². The summed E-state index contributed by atoms with van der Waals surface area (Å²) < 4.78 is 4.79. The Morgan fingerprint density at radius 1 is 0.517 bits per heavy atom. The molecule has 0 bridgehead atoms. The number of pyridine rings is 1. The van der Waals surface area contributed by atoms with E-state index in [9.17, 15) is 0 Å². The molecule has 0 radical (unpaired) electrons. The van der Waals surface area contributed by atoms with Crippen LogP contribution in [0.2, 0.25) is 0 Å². The average Bonchev–Trinajstić information content (AvgIpc) is 3.31. The minimum absolute atomic E-state index is 1.26. The standard InChI is InChI=1S/C27H18N2/c1-28-22-12-6-5-11-21(22)26-24(28)15-14-17-16-25-20-10-3-2-8-18(20)19-9-4-7-13-23(19)29(25)27(17)26/h2-16H,1H3. The van der Waals surface area contributed by atoms with Crippen molar-refractivity contribution in [2.75, 3.05) is 0 Å². The van der Waals surface area contributed by atoms with E-state index in [2.05, 4.69) is 107 Å². The summed E-state index contributed by atoms with van der Waals surface area (Å²) in [7, 11) is 2.17. The summed E-state index contributed by atoms with van der Waals surface area (Å²) >= 11 is 0. The molecule has 0 aliphatic carbocycles. The molecule has 7 rings (SSSR count). The van der Waals surface area contributed by atoms with E-state index in [1.165, 1.54) is 59.9 Å². The molecule has 0 saturated carbocycles. The average molecular weight is 370 g/mol. The van der Waals surface area contributed by atoms with Crippen molar-refractivity contribution in [1.29, 1.82) is 0 Å². The van der Waals surface area contributed by atoms with E-state index < -0.39 is 0 Å². The number of para-hydroxylation sites is 2. The first-order valence-electron chi connectivity index (χ1n) is 10.0. The van der Waals surface area contributed by atoms with Crippen LogP contribution in [0, 0.1) is 0 Å². The SMILES string of the molecule is Cn1c2ccccc2c2c1ccc1cc3c4ccccc4c4ccccc4n3c12. The summed E-state index contributed by atoms with van der Waals surface area (Å²) in [6.45, 7) is 0. The molecule has 0 saturated heterocycles. The predicted octanol–water partition coefficient (Wildman–Crippen LogP) is 7.04. The third-order valence-electron chi connectivity index (χ3n) is 6.48. The van der Waals surface area contributed by atoms with Gasteiger partial charge in [-0.05, 0) is 29.7 Å². The highest BCUT2D eigenvalue weighted by atomic mass is 15.0. The van der Waals surface area contributed by atoms with Gasteiger partial charge in [0, 0.05) is 39.5 Å². The fourth-order valence-corrected chi connectivity index (χ4v) is 5.22. The highest BCUT2D eigenvalue weighted by Gasteiger charge is 2.17. The van der Waals surface area contributed by atoms with Gasteiger partial charge in [-0.15, -0.1) is 0 Å². The molecule has 3 heterocycles. The Balaban J connectivity index is 1.90. The Hall–Kier alpha value is -3.78. The summed E-state index contributed by atoms with van der Waals surface area (Å²) in [6, 6.07) is 33.2. The number of hydrogen-bond acceptors (Lipinski definition) is 0. The summed E-state index contributed by atoms with van der Waals surface area (Å²) in [5.41, 5.74) is 6.38. The van der Waals surface area contributed by atoms with Crippen LogP contribution in [0.25, 0.3) is 59.9 Å². The Morgan fingerprint density at radius 3 is 1.93 bits per heavy atom. The van der Waals surface area contributed by atoms with Gasteiger partial charge in [-0.1, -0.05) is 66.7 Å². The lowest BCUT2D eigenvalue weighted by molar-refractivity contribution is 1.01. The molecule has 136 valence electrons.